The number of carbonyl (C=O) groups excluding carboxylic acids is 1. The summed E-state index contributed by atoms with van der Waals surface area (Å²) in [5.74, 6) is 1.02. The van der Waals surface area contributed by atoms with Gasteiger partial charge in [0.25, 0.3) is 5.79 Å². The molecule has 2 unspecified atom stereocenters. The van der Waals surface area contributed by atoms with E-state index in [4.69, 9.17) is 9.47 Å². The van der Waals surface area contributed by atoms with Gasteiger partial charge in [-0.2, -0.15) is 0 Å². The first-order valence-corrected chi connectivity index (χ1v) is 6.53. The minimum atomic E-state index is -0.707. The van der Waals surface area contributed by atoms with E-state index in [1.807, 2.05) is 6.92 Å². The number of rotatable bonds is 1. The van der Waals surface area contributed by atoms with Crippen LogP contribution in [0.1, 0.15) is 47.0 Å². The second-order valence-corrected chi connectivity index (χ2v) is 5.83. The highest BCUT2D eigenvalue weighted by Crippen LogP contribution is 2.46. The number of ether oxygens (including phenoxy) is 2. The summed E-state index contributed by atoms with van der Waals surface area (Å²) < 4.78 is 11.5. The van der Waals surface area contributed by atoms with Crippen molar-refractivity contribution < 1.29 is 14.3 Å². The van der Waals surface area contributed by atoms with Gasteiger partial charge in [0.15, 0.2) is 0 Å². The van der Waals surface area contributed by atoms with E-state index in [9.17, 15) is 4.79 Å². The minimum absolute atomic E-state index is 0.256. The third-order valence-corrected chi connectivity index (χ3v) is 3.90. The molecule has 0 saturated heterocycles. The summed E-state index contributed by atoms with van der Waals surface area (Å²) in [5.41, 5.74) is 0. The van der Waals surface area contributed by atoms with Crippen LogP contribution in [-0.2, 0) is 14.3 Å². The number of allylic oxidation sites excluding steroid dienone is 1. The van der Waals surface area contributed by atoms with Crippen LogP contribution in [0.3, 0.4) is 0 Å². The zero-order valence-electron chi connectivity index (χ0n) is 11.2. The van der Waals surface area contributed by atoms with Gasteiger partial charge in [0.2, 0.25) is 0 Å². The van der Waals surface area contributed by atoms with Crippen molar-refractivity contribution in [3.05, 3.63) is 11.8 Å². The van der Waals surface area contributed by atoms with E-state index in [0.29, 0.717) is 23.5 Å². The average Bonchev–Trinajstić information content (AvgIpc) is 2.13. The van der Waals surface area contributed by atoms with Crippen molar-refractivity contribution in [1.29, 1.82) is 0 Å². The van der Waals surface area contributed by atoms with E-state index in [1.54, 1.807) is 0 Å². The summed E-state index contributed by atoms with van der Waals surface area (Å²) in [6.07, 6.45) is 4.50. The third kappa shape index (κ3) is 2.33. The Morgan fingerprint density at radius 1 is 1.35 bits per heavy atom. The Balaban J connectivity index is 2.30. The van der Waals surface area contributed by atoms with E-state index < -0.39 is 5.79 Å². The fraction of sp³-hybridized carbons (Fsp3) is 0.786. The summed E-state index contributed by atoms with van der Waals surface area (Å²) in [6, 6.07) is 0. The lowest BCUT2D eigenvalue weighted by Gasteiger charge is -2.47. The Bertz CT molecular complexity index is 345. The lowest BCUT2D eigenvalue weighted by atomic mass is 9.72. The third-order valence-electron chi connectivity index (χ3n) is 3.90. The van der Waals surface area contributed by atoms with E-state index in [0.717, 1.165) is 12.8 Å². The maximum atomic E-state index is 11.6. The molecule has 96 valence electrons. The van der Waals surface area contributed by atoms with Gasteiger partial charge in [-0.1, -0.05) is 20.8 Å². The standard InChI is InChI=1S/C14H22O3/c1-9(2)12-6-5-10(3)8-14(12)16-11(4)7-13(15)17-14/h7,9-10,12H,5-6,8H2,1-4H3/t10?,12?,14-/m1/s1. The SMILES string of the molecule is CC1=CC(=O)O[C@@]2(CC(C)CCC2C(C)C)O1. The fourth-order valence-electron chi connectivity index (χ4n) is 3.19. The first-order chi connectivity index (χ1) is 7.93. The van der Waals surface area contributed by atoms with Crippen LogP contribution >= 0.6 is 0 Å². The predicted molar refractivity (Wildman–Crippen MR) is 65.0 cm³/mol. The maximum absolute atomic E-state index is 11.6. The molecular weight excluding hydrogens is 216 g/mol. The molecule has 1 aliphatic carbocycles. The van der Waals surface area contributed by atoms with E-state index in [1.165, 1.54) is 12.5 Å². The maximum Gasteiger partial charge on any atom is 0.337 e. The summed E-state index contributed by atoms with van der Waals surface area (Å²) in [4.78, 5) is 11.6. The summed E-state index contributed by atoms with van der Waals surface area (Å²) in [6.45, 7) is 8.38. The Morgan fingerprint density at radius 3 is 2.65 bits per heavy atom. The van der Waals surface area contributed by atoms with Gasteiger partial charge in [0.1, 0.15) is 5.76 Å². The molecule has 3 nitrogen and oxygen atoms in total. The van der Waals surface area contributed by atoms with Crippen LogP contribution < -0.4 is 0 Å². The van der Waals surface area contributed by atoms with Gasteiger partial charge >= 0.3 is 5.97 Å². The van der Waals surface area contributed by atoms with Crippen LogP contribution in [0.5, 0.6) is 0 Å². The molecule has 3 heteroatoms. The van der Waals surface area contributed by atoms with Gasteiger partial charge in [-0.05, 0) is 31.6 Å². The molecule has 2 aliphatic rings. The Labute approximate surface area is 103 Å². The number of esters is 1. The predicted octanol–water partition coefficient (Wildman–Crippen LogP) is 3.25. The highest BCUT2D eigenvalue weighted by molar-refractivity contribution is 5.83. The van der Waals surface area contributed by atoms with E-state index >= 15 is 0 Å². The molecule has 17 heavy (non-hydrogen) atoms. The van der Waals surface area contributed by atoms with Gasteiger partial charge in [-0.25, -0.2) is 4.79 Å². The Morgan fingerprint density at radius 2 is 2.06 bits per heavy atom. The van der Waals surface area contributed by atoms with Gasteiger partial charge < -0.3 is 9.47 Å². The highest BCUT2D eigenvalue weighted by Gasteiger charge is 2.51. The van der Waals surface area contributed by atoms with E-state index in [-0.39, 0.29) is 5.97 Å². The number of carbonyl (C=O) groups is 1. The van der Waals surface area contributed by atoms with Crippen LogP contribution in [0, 0.1) is 17.8 Å². The van der Waals surface area contributed by atoms with Crippen molar-refractivity contribution in [2.75, 3.05) is 0 Å². The molecule has 0 radical (unpaired) electrons. The zero-order chi connectivity index (χ0) is 12.6. The first-order valence-electron chi connectivity index (χ1n) is 6.53. The largest absolute Gasteiger partial charge is 0.456 e. The van der Waals surface area contributed by atoms with E-state index in [2.05, 4.69) is 20.8 Å². The van der Waals surface area contributed by atoms with Gasteiger partial charge in [0, 0.05) is 12.3 Å². The molecule has 0 aromatic carbocycles. The molecule has 0 aromatic heterocycles. The molecule has 1 spiro atoms. The van der Waals surface area contributed by atoms with Crippen LogP contribution in [0.4, 0.5) is 0 Å². The van der Waals surface area contributed by atoms with Gasteiger partial charge in [0.05, 0.1) is 6.08 Å². The van der Waals surface area contributed by atoms with Crippen LogP contribution in [-0.4, -0.2) is 11.8 Å². The molecular formula is C14H22O3. The normalized spacial score (nSPS) is 37.7. The molecule has 1 fully saturated rings. The molecule has 1 aliphatic heterocycles. The van der Waals surface area contributed by atoms with Crippen LogP contribution in [0.25, 0.3) is 0 Å². The molecule has 1 saturated carbocycles. The van der Waals surface area contributed by atoms with Gasteiger partial charge in [-0.3, -0.25) is 0 Å². The molecule has 0 N–H and O–H groups in total. The van der Waals surface area contributed by atoms with Crippen molar-refractivity contribution >= 4 is 5.97 Å². The monoisotopic (exact) mass is 238 g/mol. The lowest BCUT2D eigenvalue weighted by Crippen LogP contribution is -2.52. The van der Waals surface area contributed by atoms with Crippen molar-refractivity contribution in [3.63, 3.8) is 0 Å². The smallest absolute Gasteiger partial charge is 0.337 e. The number of hydrogen-bond donors (Lipinski definition) is 0. The summed E-state index contributed by atoms with van der Waals surface area (Å²) in [5, 5.41) is 0. The summed E-state index contributed by atoms with van der Waals surface area (Å²) in [7, 11) is 0. The Hall–Kier alpha value is -0.990. The highest BCUT2D eigenvalue weighted by atomic mass is 16.7. The number of hydrogen-bond acceptors (Lipinski definition) is 3. The molecule has 1 heterocycles. The van der Waals surface area contributed by atoms with Crippen molar-refractivity contribution in [2.45, 2.75) is 52.7 Å². The zero-order valence-corrected chi connectivity index (χ0v) is 11.2. The van der Waals surface area contributed by atoms with Crippen molar-refractivity contribution in [1.82, 2.24) is 0 Å². The first kappa shape index (κ1) is 12.5. The minimum Gasteiger partial charge on any atom is -0.456 e. The Kier molecular flexibility index (Phi) is 3.19. The molecule has 3 atom stereocenters. The molecule has 2 rings (SSSR count). The topological polar surface area (TPSA) is 35.5 Å². The van der Waals surface area contributed by atoms with Crippen molar-refractivity contribution in [3.8, 4) is 0 Å². The fourth-order valence-corrected chi connectivity index (χ4v) is 3.19. The summed E-state index contributed by atoms with van der Waals surface area (Å²) >= 11 is 0. The quantitative estimate of drug-likeness (QED) is 0.658. The van der Waals surface area contributed by atoms with Gasteiger partial charge in [-0.15, -0.1) is 0 Å². The average molecular weight is 238 g/mol. The molecule has 0 aromatic rings. The van der Waals surface area contributed by atoms with Crippen molar-refractivity contribution in [2.24, 2.45) is 17.8 Å². The lowest BCUT2D eigenvalue weighted by molar-refractivity contribution is -0.267. The van der Waals surface area contributed by atoms with Crippen LogP contribution in [0.2, 0.25) is 0 Å². The second-order valence-electron chi connectivity index (χ2n) is 5.83. The second kappa shape index (κ2) is 4.35. The molecule has 0 amide bonds. The molecule has 0 bridgehead atoms. The van der Waals surface area contributed by atoms with Crippen LogP contribution in [0.15, 0.2) is 11.8 Å².